The van der Waals surface area contributed by atoms with Gasteiger partial charge in [0.25, 0.3) is 5.91 Å². The van der Waals surface area contributed by atoms with Crippen molar-refractivity contribution >= 4 is 5.91 Å². The molecule has 4 rings (SSSR count). The van der Waals surface area contributed by atoms with E-state index in [0.29, 0.717) is 12.0 Å². The van der Waals surface area contributed by atoms with Crippen LogP contribution >= 0.6 is 0 Å². The third-order valence-electron chi connectivity index (χ3n) is 6.04. The van der Waals surface area contributed by atoms with E-state index in [4.69, 9.17) is 4.74 Å². The van der Waals surface area contributed by atoms with E-state index in [-0.39, 0.29) is 11.9 Å². The molecule has 2 aromatic carbocycles. The van der Waals surface area contributed by atoms with E-state index in [0.717, 1.165) is 43.7 Å². The number of carbonyl (C=O) groups is 1. The van der Waals surface area contributed by atoms with Gasteiger partial charge in [-0.25, -0.2) is 0 Å². The zero-order chi connectivity index (χ0) is 18.6. The predicted molar refractivity (Wildman–Crippen MR) is 107 cm³/mol. The number of piperidine rings is 1. The molecule has 4 heteroatoms. The summed E-state index contributed by atoms with van der Waals surface area (Å²) in [6, 6.07) is 18.9. The van der Waals surface area contributed by atoms with Crippen LogP contribution in [0.15, 0.2) is 54.6 Å². The monoisotopic (exact) mass is 364 g/mol. The highest BCUT2D eigenvalue weighted by molar-refractivity contribution is 5.95. The van der Waals surface area contributed by atoms with Crippen LogP contribution < -0.4 is 10.1 Å². The fourth-order valence-electron chi connectivity index (χ4n) is 4.69. The Kier molecular flexibility index (Phi) is 5.44. The number of carbonyl (C=O) groups excluding carboxylic acids is 1. The van der Waals surface area contributed by atoms with Crippen LogP contribution in [-0.4, -0.2) is 43.1 Å². The summed E-state index contributed by atoms with van der Waals surface area (Å²) in [4.78, 5) is 15.4. The van der Waals surface area contributed by atoms with E-state index >= 15 is 0 Å². The lowest BCUT2D eigenvalue weighted by molar-refractivity contribution is 0.0509. The van der Waals surface area contributed by atoms with E-state index in [1.165, 1.54) is 12.0 Å². The van der Waals surface area contributed by atoms with Crippen molar-refractivity contribution in [2.75, 3.05) is 20.2 Å². The van der Waals surface area contributed by atoms with Gasteiger partial charge in [0, 0.05) is 30.1 Å². The second-order valence-electron chi connectivity index (χ2n) is 7.58. The number of likely N-dealkylation sites (tertiary alicyclic amines) is 1. The molecule has 2 aliphatic heterocycles. The highest BCUT2D eigenvalue weighted by atomic mass is 16.5. The fraction of sp³-hybridized carbons (Fsp3) is 0.435. The van der Waals surface area contributed by atoms with E-state index < -0.39 is 0 Å². The summed E-state index contributed by atoms with van der Waals surface area (Å²) in [5.74, 6) is 1.32. The Bertz CT molecular complexity index is 777. The van der Waals surface area contributed by atoms with Gasteiger partial charge in [-0.2, -0.15) is 0 Å². The van der Waals surface area contributed by atoms with Crippen LogP contribution in [0.25, 0.3) is 0 Å². The summed E-state index contributed by atoms with van der Waals surface area (Å²) in [6.07, 6.45) is 4.40. The van der Waals surface area contributed by atoms with Gasteiger partial charge < -0.3 is 15.0 Å². The summed E-state index contributed by atoms with van der Waals surface area (Å²) in [7, 11) is 1.64. The first kappa shape index (κ1) is 18.1. The summed E-state index contributed by atoms with van der Waals surface area (Å²) < 4.78 is 5.31. The molecular formula is C23H28N2O2. The van der Waals surface area contributed by atoms with Crippen molar-refractivity contribution in [3.63, 3.8) is 0 Å². The molecule has 0 aromatic heterocycles. The second kappa shape index (κ2) is 8.13. The van der Waals surface area contributed by atoms with Crippen molar-refractivity contribution < 1.29 is 9.53 Å². The average Bonchev–Trinajstić information content (AvgIpc) is 2.99. The predicted octanol–water partition coefficient (Wildman–Crippen LogP) is 3.84. The largest absolute Gasteiger partial charge is 0.497 e. The lowest BCUT2D eigenvalue weighted by atomic mass is 9.79. The van der Waals surface area contributed by atoms with E-state index in [9.17, 15) is 4.79 Å². The van der Waals surface area contributed by atoms with Crippen molar-refractivity contribution in [1.82, 2.24) is 10.2 Å². The molecule has 0 unspecified atom stereocenters. The minimum absolute atomic E-state index is 0.124. The normalized spacial score (nSPS) is 25.4. The molecule has 0 spiro atoms. The number of ether oxygens (including phenoxy) is 1. The Balaban J connectivity index is 1.62. The molecule has 2 fully saturated rings. The van der Waals surface area contributed by atoms with Crippen LogP contribution in [0.3, 0.4) is 0 Å². The Morgan fingerprint density at radius 3 is 2.74 bits per heavy atom. The number of nitrogens with one attached hydrogen (secondary N) is 1. The van der Waals surface area contributed by atoms with Gasteiger partial charge in [0.2, 0.25) is 0 Å². The van der Waals surface area contributed by atoms with Gasteiger partial charge in [-0.3, -0.25) is 4.79 Å². The number of benzene rings is 2. The minimum Gasteiger partial charge on any atom is -0.497 e. The van der Waals surface area contributed by atoms with Gasteiger partial charge >= 0.3 is 0 Å². The Hall–Kier alpha value is -2.33. The molecule has 2 heterocycles. The van der Waals surface area contributed by atoms with Gasteiger partial charge in [-0.15, -0.1) is 0 Å². The number of hydrogen-bond donors (Lipinski definition) is 1. The molecule has 27 heavy (non-hydrogen) atoms. The summed E-state index contributed by atoms with van der Waals surface area (Å²) >= 11 is 0. The van der Waals surface area contributed by atoms with Crippen molar-refractivity contribution in [3.05, 3.63) is 65.7 Å². The van der Waals surface area contributed by atoms with Gasteiger partial charge in [0.05, 0.1) is 7.11 Å². The quantitative estimate of drug-likeness (QED) is 0.900. The zero-order valence-corrected chi connectivity index (χ0v) is 15.9. The molecule has 0 radical (unpaired) electrons. The number of hydrogen-bond acceptors (Lipinski definition) is 3. The number of amides is 1. The van der Waals surface area contributed by atoms with Gasteiger partial charge in [0.15, 0.2) is 0 Å². The van der Waals surface area contributed by atoms with Gasteiger partial charge in [-0.1, -0.05) is 42.8 Å². The Morgan fingerprint density at radius 1 is 1.07 bits per heavy atom. The molecular weight excluding hydrogens is 336 g/mol. The third kappa shape index (κ3) is 3.72. The molecule has 2 aliphatic rings. The van der Waals surface area contributed by atoms with Crippen LogP contribution in [-0.2, 0) is 0 Å². The summed E-state index contributed by atoms with van der Waals surface area (Å²) in [5, 5.41) is 3.77. The molecule has 0 bridgehead atoms. The van der Waals surface area contributed by atoms with Crippen molar-refractivity contribution in [3.8, 4) is 5.75 Å². The Labute approximate surface area is 161 Å². The van der Waals surface area contributed by atoms with Crippen molar-refractivity contribution in [2.24, 2.45) is 0 Å². The minimum atomic E-state index is 0.124. The van der Waals surface area contributed by atoms with Crippen LogP contribution in [0, 0.1) is 0 Å². The maximum atomic E-state index is 13.3. The first-order valence-electron chi connectivity index (χ1n) is 10.0. The molecule has 3 atom stereocenters. The average molecular weight is 364 g/mol. The van der Waals surface area contributed by atoms with Gasteiger partial charge in [-0.05, 0) is 49.6 Å². The second-order valence-corrected chi connectivity index (χ2v) is 7.58. The molecule has 0 aliphatic carbocycles. The fourth-order valence-corrected chi connectivity index (χ4v) is 4.69. The number of nitrogens with zero attached hydrogens (tertiary/aromatic N) is 1. The van der Waals surface area contributed by atoms with Crippen molar-refractivity contribution in [2.45, 2.75) is 43.7 Å². The molecule has 4 nitrogen and oxygen atoms in total. The molecule has 2 saturated heterocycles. The molecule has 1 N–H and O–H groups in total. The maximum Gasteiger partial charge on any atom is 0.254 e. The SMILES string of the molecule is COc1cccc(C(=O)N2CC[C@H](c3ccccc3)[C@H]3NCCCC[C@H]32)c1. The van der Waals surface area contributed by atoms with E-state index in [1.54, 1.807) is 7.11 Å². The van der Waals surface area contributed by atoms with E-state index in [1.807, 2.05) is 24.3 Å². The van der Waals surface area contributed by atoms with Crippen LogP contribution in [0.1, 0.15) is 47.5 Å². The maximum absolute atomic E-state index is 13.3. The lowest BCUT2D eigenvalue weighted by Crippen LogP contribution is -2.58. The zero-order valence-electron chi connectivity index (χ0n) is 15.9. The van der Waals surface area contributed by atoms with Gasteiger partial charge in [0.1, 0.15) is 5.75 Å². The Morgan fingerprint density at radius 2 is 1.93 bits per heavy atom. The molecule has 1 amide bonds. The highest BCUT2D eigenvalue weighted by Crippen LogP contribution is 2.36. The number of rotatable bonds is 3. The molecule has 0 saturated carbocycles. The first-order valence-corrected chi connectivity index (χ1v) is 10.0. The highest BCUT2D eigenvalue weighted by Gasteiger charge is 2.41. The number of fused-ring (bicyclic) bond motifs is 1. The van der Waals surface area contributed by atoms with Crippen molar-refractivity contribution in [1.29, 1.82) is 0 Å². The summed E-state index contributed by atoms with van der Waals surface area (Å²) in [6.45, 7) is 1.84. The molecule has 142 valence electrons. The summed E-state index contributed by atoms with van der Waals surface area (Å²) in [5.41, 5.74) is 2.10. The number of methoxy groups -OCH3 is 1. The first-order chi connectivity index (χ1) is 13.3. The molecule has 2 aromatic rings. The lowest BCUT2D eigenvalue weighted by Gasteiger charge is -2.45. The van der Waals surface area contributed by atoms with Crippen LogP contribution in [0.5, 0.6) is 5.75 Å². The topological polar surface area (TPSA) is 41.6 Å². The smallest absolute Gasteiger partial charge is 0.254 e. The van der Waals surface area contributed by atoms with E-state index in [2.05, 4.69) is 40.5 Å². The van der Waals surface area contributed by atoms with Crippen LogP contribution in [0.2, 0.25) is 0 Å². The van der Waals surface area contributed by atoms with Crippen LogP contribution in [0.4, 0.5) is 0 Å². The third-order valence-corrected chi connectivity index (χ3v) is 6.04. The standard InChI is InChI=1S/C23H28N2O2/c1-27-19-11-7-10-18(16-19)23(26)25-15-13-20(17-8-3-2-4-9-17)22-21(25)12-5-6-14-24-22/h2-4,7-11,16,20-22,24H,5-6,12-15H2,1H3/t20-,21-,22-/m1/s1.